The number of halogens is 2. The molecule has 1 aromatic carbocycles. The maximum atomic E-state index is 13.8. The van der Waals surface area contributed by atoms with Crippen LogP contribution in [0.15, 0.2) is 18.2 Å². The summed E-state index contributed by atoms with van der Waals surface area (Å²) in [6.07, 6.45) is 8.13. The van der Waals surface area contributed by atoms with E-state index in [9.17, 15) is 8.78 Å². The van der Waals surface area contributed by atoms with Crippen molar-refractivity contribution in [1.82, 2.24) is 5.32 Å². The molecule has 1 fully saturated rings. The summed E-state index contributed by atoms with van der Waals surface area (Å²) in [4.78, 5) is 0. The van der Waals surface area contributed by atoms with Crippen molar-refractivity contribution in [2.24, 2.45) is 5.92 Å². The Hall–Kier alpha value is -0.960. The van der Waals surface area contributed by atoms with Crippen molar-refractivity contribution < 1.29 is 8.78 Å². The molecule has 1 unspecified atom stereocenters. The number of hydrogen-bond acceptors (Lipinski definition) is 1. The molecule has 112 valence electrons. The summed E-state index contributed by atoms with van der Waals surface area (Å²) >= 11 is 0. The molecule has 20 heavy (non-hydrogen) atoms. The van der Waals surface area contributed by atoms with Crippen molar-refractivity contribution in [2.75, 3.05) is 6.54 Å². The van der Waals surface area contributed by atoms with E-state index in [1.165, 1.54) is 44.6 Å². The second kappa shape index (κ2) is 7.72. The molecule has 1 saturated carbocycles. The van der Waals surface area contributed by atoms with E-state index in [1.54, 1.807) is 12.1 Å². The zero-order valence-electron chi connectivity index (χ0n) is 12.3. The average Bonchev–Trinajstić information content (AvgIpc) is 2.72. The first kappa shape index (κ1) is 15.4. The van der Waals surface area contributed by atoms with E-state index < -0.39 is 11.6 Å². The van der Waals surface area contributed by atoms with E-state index in [0.29, 0.717) is 17.9 Å². The highest BCUT2D eigenvalue weighted by Crippen LogP contribution is 2.28. The molecule has 0 bridgehead atoms. The SMILES string of the molecule is CCNC(Cc1cccc(F)c1F)C1CCCCCC1. The molecule has 0 aliphatic heterocycles. The van der Waals surface area contributed by atoms with Crippen LogP contribution in [0.1, 0.15) is 51.0 Å². The van der Waals surface area contributed by atoms with E-state index >= 15 is 0 Å². The van der Waals surface area contributed by atoms with Gasteiger partial charge >= 0.3 is 0 Å². The molecule has 2 rings (SSSR count). The molecule has 3 heteroatoms. The number of hydrogen-bond donors (Lipinski definition) is 1. The van der Waals surface area contributed by atoms with Gasteiger partial charge in [-0.05, 0) is 43.4 Å². The van der Waals surface area contributed by atoms with Gasteiger partial charge in [-0.3, -0.25) is 0 Å². The van der Waals surface area contributed by atoms with Gasteiger partial charge in [-0.15, -0.1) is 0 Å². The average molecular weight is 281 g/mol. The zero-order chi connectivity index (χ0) is 14.4. The van der Waals surface area contributed by atoms with E-state index in [1.807, 2.05) is 0 Å². The van der Waals surface area contributed by atoms with Gasteiger partial charge in [-0.1, -0.05) is 44.7 Å². The first-order valence-electron chi connectivity index (χ1n) is 7.88. The summed E-state index contributed by atoms with van der Waals surface area (Å²) in [5.74, 6) is -0.831. The zero-order valence-corrected chi connectivity index (χ0v) is 12.3. The van der Waals surface area contributed by atoms with Gasteiger partial charge in [0.25, 0.3) is 0 Å². The van der Waals surface area contributed by atoms with Gasteiger partial charge < -0.3 is 5.32 Å². The highest BCUT2D eigenvalue weighted by atomic mass is 19.2. The van der Waals surface area contributed by atoms with Crippen LogP contribution in [0.4, 0.5) is 8.78 Å². The highest BCUT2D eigenvalue weighted by Gasteiger charge is 2.23. The molecular weight excluding hydrogens is 256 g/mol. The monoisotopic (exact) mass is 281 g/mol. The van der Waals surface area contributed by atoms with Gasteiger partial charge in [0, 0.05) is 6.04 Å². The number of benzene rings is 1. The molecule has 1 N–H and O–H groups in total. The minimum atomic E-state index is -0.737. The lowest BCUT2D eigenvalue weighted by Gasteiger charge is -2.27. The molecule has 0 radical (unpaired) electrons. The predicted octanol–water partition coefficient (Wildman–Crippen LogP) is 4.46. The van der Waals surface area contributed by atoms with E-state index in [0.717, 1.165) is 6.54 Å². The van der Waals surface area contributed by atoms with E-state index in [-0.39, 0.29) is 6.04 Å². The summed E-state index contributed by atoms with van der Waals surface area (Å²) in [5.41, 5.74) is 0.500. The van der Waals surface area contributed by atoms with Gasteiger partial charge in [0.2, 0.25) is 0 Å². The number of rotatable bonds is 5. The Bertz CT molecular complexity index is 411. The quantitative estimate of drug-likeness (QED) is 0.786. The second-order valence-electron chi connectivity index (χ2n) is 5.83. The van der Waals surface area contributed by atoms with Crippen LogP contribution in [-0.4, -0.2) is 12.6 Å². The molecule has 0 amide bonds. The first-order chi connectivity index (χ1) is 9.72. The Kier molecular flexibility index (Phi) is 5.96. The summed E-state index contributed by atoms with van der Waals surface area (Å²) in [7, 11) is 0. The second-order valence-corrected chi connectivity index (χ2v) is 5.83. The third-order valence-electron chi connectivity index (χ3n) is 4.41. The third kappa shape index (κ3) is 4.02. The van der Waals surface area contributed by atoms with E-state index in [2.05, 4.69) is 12.2 Å². The van der Waals surface area contributed by atoms with Crippen LogP contribution in [0.25, 0.3) is 0 Å². The molecule has 1 aliphatic carbocycles. The summed E-state index contributed by atoms with van der Waals surface area (Å²) < 4.78 is 27.2. The molecule has 0 spiro atoms. The van der Waals surface area contributed by atoms with Crippen molar-refractivity contribution in [3.63, 3.8) is 0 Å². The third-order valence-corrected chi connectivity index (χ3v) is 4.41. The molecule has 0 saturated heterocycles. The van der Waals surface area contributed by atoms with Crippen molar-refractivity contribution in [2.45, 2.75) is 57.9 Å². The normalized spacial score (nSPS) is 18.8. The first-order valence-corrected chi connectivity index (χ1v) is 7.88. The Morgan fingerprint density at radius 3 is 2.50 bits per heavy atom. The fraction of sp³-hybridized carbons (Fsp3) is 0.647. The lowest BCUT2D eigenvalue weighted by molar-refractivity contribution is 0.318. The van der Waals surface area contributed by atoms with Gasteiger partial charge in [0.05, 0.1) is 0 Å². The van der Waals surface area contributed by atoms with Crippen LogP contribution in [0.3, 0.4) is 0 Å². The van der Waals surface area contributed by atoms with Crippen LogP contribution in [-0.2, 0) is 6.42 Å². The number of likely N-dealkylation sites (N-methyl/N-ethyl adjacent to an activating group) is 1. The lowest BCUT2D eigenvalue weighted by Crippen LogP contribution is -2.38. The number of nitrogens with one attached hydrogen (secondary N) is 1. The minimum absolute atomic E-state index is 0.259. The van der Waals surface area contributed by atoms with Crippen LogP contribution < -0.4 is 5.32 Å². The van der Waals surface area contributed by atoms with Crippen LogP contribution in [0.5, 0.6) is 0 Å². The van der Waals surface area contributed by atoms with Crippen molar-refractivity contribution in [3.05, 3.63) is 35.4 Å². The largest absolute Gasteiger partial charge is 0.314 e. The Balaban J connectivity index is 2.09. The molecular formula is C17H25F2N. The van der Waals surface area contributed by atoms with Crippen molar-refractivity contribution in [3.8, 4) is 0 Å². The van der Waals surface area contributed by atoms with E-state index in [4.69, 9.17) is 0 Å². The van der Waals surface area contributed by atoms with Crippen molar-refractivity contribution >= 4 is 0 Å². The van der Waals surface area contributed by atoms with Crippen LogP contribution in [0, 0.1) is 17.6 Å². The minimum Gasteiger partial charge on any atom is -0.314 e. The Morgan fingerprint density at radius 2 is 1.85 bits per heavy atom. The standard InChI is InChI=1S/C17H25F2N/c1-2-20-16(13-8-5-3-4-6-9-13)12-14-10-7-11-15(18)17(14)19/h7,10-11,13,16,20H,2-6,8-9,12H2,1H3. The van der Waals surface area contributed by atoms with Gasteiger partial charge in [-0.25, -0.2) is 8.78 Å². The summed E-state index contributed by atoms with van der Waals surface area (Å²) in [6, 6.07) is 4.75. The van der Waals surface area contributed by atoms with Gasteiger partial charge in [-0.2, -0.15) is 0 Å². The maximum absolute atomic E-state index is 13.8. The van der Waals surface area contributed by atoms with Crippen LogP contribution >= 0.6 is 0 Å². The van der Waals surface area contributed by atoms with Crippen molar-refractivity contribution in [1.29, 1.82) is 0 Å². The smallest absolute Gasteiger partial charge is 0.162 e. The van der Waals surface area contributed by atoms with Gasteiger partial charge in [0.1, 0.15) is 0 Å². The molecule has 1 aliphatic rings. The molecule has 1 nitrogen and oxygen atoms in total. The topological polar surface area (TPSA) is 12.0 Å². The molecule has 1 aromatic rings. The van der Waals surface area contributed by atoms with Crippen LogP contribution in [0.2, 0.25) is 0 Å². The van der Waals surface area contributed by atoms with Gasteiger partial charge in [0.15, 0.2) is 11.6 Å². The summed E-state index contributed by atoms with van der Waals surface area (Å²) in [6.45, 7) is 2.95. The molecule has 0 aromatic heterocycles. The maximum Gasteiger partial charge on any atom is 0.162 e. The Labute approximate surface area is 120 Å². The predicted molar refractivity (Wildman–Crippen MR) is 78.7 cm³/mol. The lowest BCUT2D eigenvalue weighted by atomic mass is 9.87. The molecule has 0 heterocycles. The fourth-order valence-electron chi connectivity index (χ4n) is 3.32. The Morgan fingerprint density at radius 1 is 1.15 bits per heavy atom. The molecule has 1 atom stereocenters. The summed E-state index contributed by atoms with van der Waals surface area (Å²) in [5, 5.41) is 3.49. The highest BCUT2D eigenvalue weighted by molar-refractivity contribution is 5.20. The fourth-order valence-corrected chi connectivity index (χ4v) is 3.32.